The molecule has 0 N–H and O–H groups in total. The van der Waals surface area contributed by atoms with Gasteiger partial charge in [0.25, 0.3) is 0 Å². The average molecular weight is 334 g/mol. The Balaban J connectivity index is 1.69. The first-order valence-electron chi connectivity index (χ1n) is 8.33. The highest BCUT2D eigenvalue weighted by Crippen LogP contribution is 2.32. The van der Waals surface area contributed by atoms with Gasteiger partial charge in [-0.1, -0.05) is 0 Å². The molecule has 6 heteroatoms. The molecule has 2 atom stereocenters. The van der Waals surface area contributed by atoms with E-state index >= 15 is 0 Å². The third-order valence-corrected chi connectivity index (χ3v) is 4.37. The molecule has 0 bridgehead atoms. The highest BCUT2D eigenvalue weighted by Gasteiger charge is 2.35. The molecular weight excluding hydrogens is 312 g/mol. The highest BCUT2D eigenvalue weighted by atomic mass is 16.6. The molecule has 0 amide bonds. The summed E-state index contributed by atoms with van der Waals surface area (Å²) in [6, 6.07) is 4.92. The molecule has 1 saturated carbocycles. The molecule has 0 aromatic heterocycles. The Morgan fingerprint density at radius 3 is 2.58 bits per heavy atom. The first-order valence-corrected chi connectivity index (χ1v) is 8.33. The van der Waals surface area contributed by atoms with Crippen LogP contribution in [-0.4, -0.2) is 37.4 Å². The van der Waals surface area contributed by atoms with E-state index in [9.17, 15) is 9.59 Å². The van der Waals surface area contributed by atoms with E-state index in [0.717, 1.165) is 12.8 Å². The maximum atomic E-state index is 12.3. The first kappa shape index (κ1) is 16.6. The summed E-state index contributed by atoms with van der Waals surface area (Å²) in [6.07, 6.45) is 3.93. The van der Waals surface area contributed by atoms with Crippen molar-refractivity contribution in [1.29, 1.82) is 0 Å². The van der Waals surface area contributed by atoms with Crippen LogP contribution in [0, 0.1) is 0 Å². The van der Waals surface area contributed by atoms with Gasteiger partial charge >= 0.3 is 11.9 Å². The van der Waals surface area contributed by atoms with E-state index in [1.807, 2.05) is 0 Å². The van der Waals surface area contributed by atoms with Gasteiger partial charge in [-0.2, -0.15) is 0 Å². The lowest BCUT2D eigenvalue weighted by atomic mass is 10.2. The number of cyclic esters (lactones) is 1. The molecule has 0 radical (unpaired) electrons. The van der Waals surface area contributed by atoms with E-state index in [-0.39, 0.29) is 12.2 Å². The van der Waals surface area contributed by atoms with Crippen LogP contribution in [0.1, 0.15) is 49.4 Å². The van der Waals surface area contributed by atoms with Crippen LogP contribution >= 0.6 is 0 Å². The summed E-state index contributed by atoms with van der Waals surface area (Å²) in [5.74, 6) is 0.0364. The summed E-state index contributed by atoms with van der Waals surface area (Å²) in [4.78, 5) is 23.8. The second-order valence-electron chi connectivity index (χ2n) is 6.27. The normalized spacial score (nSPS) is 23.8. The van der Waals surface area contributed by atoms with Crippen molar-refractivity contribution in [3.8, 4) is 11.5 Å². The predicted molar refractivity (Wildman–Crippen MR) is 85.3 cm³/mol. The van der Waals surface area contributed by atoms with Gasteiger partial charge in [-0.25, -0.2) is 9.59 Å². The number of methoxy groups -OCH3 is 1. The van der Waals surface area contributed by atoms with Crippen molar-refractivity contribution in [2.24, 2.45) is 0 Å². The number of hydrogen-bond donors (Lipinski definition) is 0. The van der Waals surface area contributed by atoms with Gasteiger partial charge in [0, 0.05) is 6.42 Å². The zero-order valence-corrected chi connectivity index (χ0v) is 13.9. The number of carbonyl (C=O) groups excluding carboxylic acids is 2. The van der Waals surface area contributed by atoms with Crippen LogP contribution in [-0.2, 0) is 14.3 Å². The third-order valence-electron chi connectivity index (χ3n) is 4.37. The fourth-order valence-electron chi connectivity index (χ4n) is 3.09. The molecule has 24 heavy (non-hydrogen) atoms. The molecule has 0 spiro atoms. The molecule has 6 nitrogen and oxygen atoms in total. The zero-order valence-electron chi connectivity index (χ0n) is 13.9. The van der Waals surface area contributed by atoms with E-state index in [1.165, 1.54) is 20.0 Å². The third kappa shape index (κ3) is 3.63. The number of benzene rings is 1. The molecule has 1 aliphatic heterocycles. The molecule has 0 unspecified atom stereocenters. The van der Waals surface area contributed by atoms with Crippen LogP contribution in [0.25, 0.3) is 0 Å². The lowest BCUT2D eigenvalue weighted by molar-refractivity contribution is -0.147. The van der Waals surface area contributed by atoms with Crippen LogP contribution in [0.4, 0.5) is 0 Å². The molecule has 1 aromatic rings. The first-order chi connectivity index (χ1) is 11.6. The number of carbonyl (C=O) groups is 2. The fraction of sp³-hybridized carbons (Fsp3) is 0.556. The highest BCUT2D eigenvalue weighted by molar-refractivity contribution is 5.92. The zero-order chi connectivity index (χ0) is 17.1. The smallest absolute Gasteiger partial charge is 0.347 e. The van der Waals surface area contributed by atoms with E-state index < -0.39 is 18.0 Å². The van der Waals surface area contributed by atoms with Crippen molar-refractivity contribution < 1.29 is 28.5 Å². The molecule has 1 saturated heterocycles. The molecule has 2 fully saturated rings. The quantitative estimate of drug-likeness (QED) is 0.771. The van der Waals surface area contributed by atoms with Gasteiger partial charge in [-0.05, 0) is 50.8 Å². The molecular formula is C18H22O6. The standard InChI is InChI=1S/C18H22O6/c1-11-9-16(18(20)22-11)24-17(19)12-7-8-14(15(10-12)21-2)23-13-5-3-4-6-13/h7-8,10-11,13,16H,3-6,9H2,1-2H3/t11-,16-/m1/s1. The van der Waals surface area contributed by atoms with Crippen molar-refractivity contribution in [2.45, 2.75) is 57.3 Å². The molecule has 3 rings (SSSR count). The van der Waals surface area contributed by atoms with Crippen LogP contribution in [0.5, 0.6) is 11.5 Å². The van der Waals surface area contributed by atoms with Gasteiger partial charge in [-0.15, -0.1) is 0 Å². The second kappa shape index (κ2) is 7.11. The Bertz CT molecular complexity index is 620. The molecule has 1 aliphatic carbocycles. The number of hydrogen-bond acceptors (Lipinski definition) is 6. The van der Waals surface area contributed by atoms with Gasteiger partial charge in [0.1, 0.15) is 6.10 Å². The van der Waals surface area contributed by atoms with Crippen molar-refractivity contribution >= 4 is 11.9 Å². The summed E-state index contributed by atoms with van der Waals surface area (Å²) in [5.41, 5.74) is 0.318. The average Bonchev–Trinajstić information content (AvgIpc) is 3.17. The Morgan fingerprint density at radius 2 is 1.96 bits per heavy atom. The van der Waals surface area contributed by atoms with Gasteiger partial charge in [0.05, 0.1) is 18.8 Å². The van der Waals surface area contributed by atoms with Crippen molar-refractivity contribution in [3.05, 3.63) is 23.8 Å². The van der Waals surface area contributed by atoms with E-state index in [1.54, 1.807) is 25.1 Å². The number of rotatable bonds is 5. The summed E-state index contributed by atoms with van der Waals surface area (Å²) >= 11 is 0. The Kier molecular flexibility index (Phi) is 4.92. The van der Waals surface area contributed by atoms with Crippen LogP contribution in [0.15, 0.2) is 18.2 Å². The Morgan fingerprint density at radius 1 is 1.21 bits per heavy atom. The number of esters is 2. The Labute approximate surface area is 141 Å². The number of ether oxygens (including phenoxy) is 4. The fourth-order valence-corrected chi connectivity index (χ4v) is 3.09. The van der Waals surface area contributed by atoms with Crippen LogP contribution in [0.2, 0.25) is 0 Å². The summed E-state index contributed by atoms with van der Waals surface area (Å²) < 4.78 is 21.5. The predicted octanol–water partition coefficient (Wildman–Crippen LogP) is 2.88. The SMILES string of the molecule is COc1cc(C(=O)O[C@@H]2C[C@@H](C)OC2=O)ccc1OC1CCCC1. The topological polar surface area (TPSA) is 71.1 Å². The lowest BCUT2D eigenvalue weighted by Gasteiger charge is -2.16. The van der Waals surface area contributed by atoms with Gasteiger partial charge in [-0.3, -0.25) is 0 Å². The van der Waals surface area contributed by atoms with Crippen LogP contribution in [0.3, 0.4) is 0 Å². The minimum absolute atomic E-state index is 0.200. The van der Waals surface area contributed by atoms with E-state index in [4.69, 9.17) is 18.9 Å². The molecule has 1 heterocycles. The van der Waals surface area contributed by atoms with Crippen molar-refractivity contribution in [2.75, 3.05) is 7.11 Å². The van der Waals surface area contributed by atoms with Crippen molar-refractivity contribution in [3.63, 3.8) is 0 Å². The minimum atomic E-state index is -0.840. The Hall–Kier alpha value is -2.24. The van der Waals surface area contributed by atoms with E-state index in [0.29, 0.717) is 23.5 Å². The monoisotopic (exact) mass is 334 g/mol. The van der Waals surface area contributed by atoms with Gasteiger partial charge in [0.2, 0.25) is 6.10 Å². The van der Waals surface area contributed by atoms with Crippen LogP contribution < -0.4 is 9.47 Å². The summed E-state index contributed by atoms with van der Waals surface area (Å²) in [7, 11) is 1.53. The summed E-state index contributed by atoms with van der Waals surface area (Å²) in [6.45, 7) is 1.77. The molecule has 1 aromatic carbocycles. The molecule has 2 aliphatic rings. The van der Waals surface area contributed by atoms with Gasteiger partial charge in [0.15, 0.2) is 11.5 Å². The molecule has 130 valence electrons. The lowest BCUT2D eigenvalue weighted by Crippen LogP contribution is -2.22. The van der Waals surface area contributed by atoms with E-state index in [2.05, 4.69) is 0 Å². The maximum absolute atomic E-state index is 12.3. The second-order valence-corrected chi connectivity index (χ2v) is 6.27. The largest absolute Gasteiger partial charge is 0.493 e. The minimum Gasteiger partial charge on any atom is -0.493 e. The maximum Gasteiger partial charge on any atom is 0.347 e. The van der Waals surface area contributed by atoms with Crippen molar-refractivity contribution in [1.82, 2.24) is 0 Å². The summed E-state index contributed by atoms with van der Waals surface area (Å²) in [5, 5.41) is 0. The van der Waals surface area contributed by atoms with Gasteiger partial charge < -0.3 is 18.9 Å².